The molecule has 3 heteroatoms. The third kappa shape index (κ3) is 1.45. The van der Waals surface area contributed by atoms with Crippen LogP contribution in [0, 0.1) is 0 Å². The fourth-order valence-electron chi connectivity index (χ4n) is 1.63. The van der Waals surface area contributed by atoms with Gasteiger partial charge in [-0.2, -0.15) is 0 Å². The van der Waals surface area contributed by atoms with Gasteiger partial charge < -0.3 is 9.42 Å². The third-order valence-corrected chi connectivity index (χ3v) is 2.47. The Kier molecular flexibility index (Phi) is 2.39. The van der Waals surface area contributed by atoms with E-state index >= 15 is 0 Å². The van der Waals surface area contributed by atoms with Gasteiger partial charge in [0.15, 0.2) is 5.58 Å². The summed E-state index contributed by atoms with van der Waals surface area (Å²) in [5.41, 5.74) is 2.05. The SMILES string of the molecule is CCN(CC)c1ccc2cnoc2c1. The van der Waals surface area contributed by atoms with Crippen molar-refractivity contribution in [2.75, 3.05) is 18.0 Å². The van der Waals surface area contributed by atoms with E-state index in [1.165, 1.54) is 5.69 Å². The molecule has 0 saturated heterocycles. The fourth-order valence-corrected chi connectivity index (χ4v) is 1.63. The zero-order chi connectivity index (χ0) is 9.97. The Morgan fingerprint density at radius 2 is 2.07 bits per heavy atom. The van der Waals surface area contributed by atoms with Crippen molar-refractivity contribution in [2.45, 2.75) is 13.8 Å². The van der Waals surface area contributed by atoms with Crippen LogP contribution in [0.1, 0.15) is 13.8 Å². The number of nitrogens with zero attached hydrogens (tertiary/aromatic N) is 2. The molecule has 1 aromatic carbocycles. The summed E-state index contributed by atoms with van der Waals surface area (Å²) in [5.74, 6) is 0. The summed E-state index contributed by atoms with van der Waals surface area (Å²) < 4.78 is 5.12. The van der Waals surface area contributed by atoms with Crippen molar-refractivity contribution in [3.63, 3.8) is 0 Å². The van der Waals surface area contributed by atoms with Gasteiger partial charge in [0.1, 0.15) is 0 Å². The number of aromatic nitrogens is 1. The first-order valence-corrected chi connectivity index (χ1v) is 4.94. The van der Waals surface area contributed by atoms with E-state index in [0.29, 0.717) is 0 Å². The molecule has 3 nitrogen and oxygen atoms in total. The predicted octanol–water partition coefficient (Wildman–Crippen LogP) is 2.67. The standard InChI is InChI=1S/C11H14N2O/c1-3-13(4-2)10-6-5-9-8-12-14-11(9)7-10/h5-8H,3-4H2,1-2H3. The third-order valence-electron chi connectivity index (χ3n) is 2.47. The Bertz CT molecular complexity index is 418. The molecular formula is C11H14N2O. The lowest BCUT2D eigenvalue weighted by atomic mass is 10.2. The Balaban J connectivity index is 2.42. The molecule has 2 rings (SSSR count). The van der Waals surface area contributed by atoms with E-state index in [1.54, 1.807) is 6.20 Å². The predicted molar refractivity (Wildman–Crippen MR) is 57.6 cm³/mol. The summed E-state index contributed by atoms with van der Waals surface area (Å²) in [6.07, 6.45) is 1.74. The molecule has 0 fully saturated rings. The van der Waals surface area contributed by atoms with Crippen LogP contribution in [0.15, 0.2) is 28.9 Å². The van der Waals surface area contributed by atoms with Gasteiger partial charge in [-0.3, -0.25) is 0 Å². The van der Waals surface area contributed by atoms with Crippen LogP contribution in [0.3, 0.4) is 0 Å². The molecule has 74 valence electrons. The molecule has 0 bridgehead atoms. The average molecular weight is 190 g/mol. The maximum absolute atomic E-state index is 5.12. The zero-order valence-corrected chi connectivity index (χ0v) is 8.53. The minimum atomic E-state index is 0.856. The van der Waals surface area contributed by atoms with E-state index in [1.807, 2.05) is 12.1 Å². The summed E-state index contributed by atoms with van der Waals surface area (Å²) in [4.78, 5) is 2.28. The normalized spacial score (nSPS) is 10.7. The maximum Gasteiger partial charge on any atom is 0.168 e. The molecule has 0 spiro atoms. The average Bonchev–Trinajstić information content (AvgIpc) is 2.66. The Labute approximate surface area is 83.3 Å². The molecular weight excluding hydrogens is 176 g/mol. The van der Waals surface area contributed by atoms with Gasteiger partial charge >= 0.3 is 0 Å². The molecule has 0 aliphatic carbocycles. The first kappa shape index (κ1) is 9.06. The minimum Gasteiger partial charge on any atom is -0.372 e. The second kappa shape index (κ2) is 3.70. The highest BCUT2D eigenvalue weighted by Gasteiger charge is 2.04. The van der Waals surface area contributed by atoms with Gasteiger partial charge in [-0.1, -0.05) is 5.16 Å². The molecule has 0 aliphatic rings. The number of benzene rings is 1. The van der Waals surface area contributed by atoms with Crippen LogP contribution in [0.5, 0.6) is 0 Å². The zero-order valence-electron chi connectivity index (χ0n) is 8.53. The molecule has 0 N–H and O–H groups in total. The van der Waals surface area contributed by atoms with Crippen LogP contribution in [0.2, 0.25) is 0 Å². The molecule has 0 unspecified atom stereocenters. The molecule has 0 aliphatic heterocycles. The monoisotopic (exact) mass is 190 g/mol. The van der Waals surface area contributed by atoms with E-state index in [4.69, 9.17) is 4.52 Å². The molecule has 1 aromatic heterocycles. The lowest BCUT2D eigenvalue weighted by molar-refractivity contribution is 0.456. The summed E-state index contributed by atoms with van der Waals surface area (Å²) in [6.45, 7) is 6.31. The maximum atomic E-state index is 5.12. The molecule has 0 radical (unpaired) electrons. The van der Waals surface area contributed by atoms with Crippen LogP contribution in [-0.4, -0.2) is 18.2 Å². The summed E-state index contributed by atoms with van der Waals surface area (Å²) in [7, 11) is 0. The topological polar surface area (TPSA) is 29.3 Å². The highest BCUT2D eigenvalue weighted by Crippen LogP contribution is 2.21. The van der Waals surface area contributed by atoms with Crippen molar-refractivity contribution >= 4 is 16.7 Å². The van der Waals surface area contributed by atoms with Gasteiger partial charge in [-0.25, -0.2) is 0 Å². The number of hydrogen-bond donors (Lipinski definition) is 0. The molecule has 2 aromatic rings. The second-order valence-corrected chi connectivity index (χ2v) is 3.22. The number of hydrogen-bond acceptors (Lipinski definition) is 3. The summed E-state index contributed by atoms with van der Waals surface area (Å²) >= 11 is 0. The smallest absolute Gasteiger partial charge is 0.168 e. The second-order valence-electron chi connectivity index (χ2n) is 3.22. The first-order valence-electron chi connectivity index (χ1n) is 4.94. The van der Waals surface area contributed by atoms with E-state index in [0.717, 1.165) is 24.1 Å². The largest absolute Gasteiger partial charge is 0.372 e. The van der Waals surface area contributed by atoms with Crippen LogP contribution in [0.25, 0.3) is 11.0 Å². The summed E-state index contributed by atoms with van der Waals surface area (Å²) in [6, 6.07) is 6.18. The number of rotatable bonds is 3. The van der Waals surface area contributed by atoms with Crippen molar-refractivity contribution in [2.24, 2.45) is 0 Å². The van der Waals surface area contributed by atoms with E-state index in [-0.39, 0.29) is 0 Å². The quantitative estimate of drug-likeness (QED) is 0.745. The van der Waals surface area contributed by atoms with Crippen molar-refractivity contribution in [3.8, 4) is 0 Å². The Hall–Kier alpha value is -1.51. The lowest BCUT2D eigenvalue weighted by Crippen LogP contribution is -2.21. The van der Waals surface area contributed by atoms with Crippen LogP contribution < -0.4 is 4.90 Å². The van der Waals surface area contributed by atoms with Crippen LogP contribution in [0.4, 0.5) is 5.69 Å². The highest BCUT2D eigenvalue weighted by atomic mass is 16.5. The molecule has 0 amide bonds. The van der Waals surface area contributed by atoms with E-state index in [2.05, 4.69) is 30.0 Å². The van der Waals surface area contributed by atoms with Gasteiger partial charge in [0.25, 0.3) is 0 Å². The van der Waals surface area contributed by atoms with Crippen LogP contribution in [-0.2, 0) is 0 Å². The van der Waals surface area contributed by atoms with Gasteiger partial charge in [0.2, 0.25) is 0 Å². The van der Waals surface area contributed by atoms with Gasteiger partial charge in [0, 0.05) is 30.2 Å². The highest BCUT2D eigenvalue weighted by molar-refractivity contribution is 5.80. The van der Waals surface area contributed by atoms with Gasteiger partial charge in [-0.15, -0.1) is 0 Å². The van der Waals surface area contributed by atoms with Crippen molar-refractivity contribution < 1.29 is 4.52 Å². The van der Waals surface area contributed by atoms with Gasteiger partial charge in [0.05, 0.1) is 6.20 Å². The van der Waals surface area contributed by atoms with E-state index < -0.39 is 0 Å². The molecule has 0 atom stereocenters. The number of fused-ring (bicyclic) bond motifs is 1. The lowest BCUT2D eigenvalue weighted by Gasteiger charge is -2.20. The number of anilines is 1. The Morgan fingerprint density at radius 1 is 1.29 bits per heavy atom. The van der Waals surface area contributed by atoms with Crippen molar-refractivity contribution in [1.82, 2.24) is 5.16 Å². The molecule has 1 heterocycles. The fraction of sp³-hybridized carbons (Fsp3) is 0.364. The van der Waals surface area contributed by atoms with Crippen LogP contribution >= 0.6 is 0 Å². The minimum absolute atomic E-state index is 0.856. The van der Waals surface area contributed by atoms with Crippen molar-refractivity contribution in [1.29, 1.82) is 0 Å². The molecule has 14 heavy (non-hydrogen) atoms. The van der Waals surface area contributed by atoms with E-state index in [9.17, 15) is 0 Å². The van der Waals surface area contributed by atoms with Gasteiger partial charge in [-0.05, 0) is 26.0 Å². The summed E-state index contributed by atoms with van der Waals surface area (Å²) in [5, 5.41) is 4.82. The first-order chi connectivity index (χ1) is 6.85. The Morgan fingerprint density at radius 3 is 2.79 bits per heavy atom. The molecule has 0 saturated carbocycles. The van der Waals surface area contributed by atoms with Crippen molar-refractivity contribution in [3.05, 3.63) is 24.4 Å².